The first kappa shape index (κ1) is 15.2. The van der Waals surface area contributed by atoms with Gasteiger partial charge in [-0.25, -0.2) is 4.79 Å². The van der Waals surface area contributed by atoms with Gasteiger partial charge in [0.2, 0.25) is 0 Å². The van der Waals surface area contributed by atoms with Crippen LogP contribution in [0.2, 0.25) is 0 Å². The molecule has 1 saturated heterocycles. The Bertz CT molecular complexity index is 688. The van der Waals surface area contributed by atoms with Crippen LogP contribution < -0.4 is 5.32 Å². The van der Waals surface area contributed by atoms with Crippen molar-refractivity contribution in [3.8, 4) is 0 Å². The highest BCUT2D eigenvalue weighted by Crippen LogP contribution is 2.18. The van der Waals surface area contributed by atoms with Crippen LogP contribution >= 0.6 is 0 Å². The molecule has 0 bridgehead atoms. The second-order valence-electron chi connectivity index (χ2n) is 5.57. The first-order valence-electron chi connectivity index (χ1n) is 7.54. The van der Waals surface area contributed by atoms with E-state index in [9.17, 15) is 14.7 Å². The van der Waals surface area contributed by atoms with Gasteiger partial charge in [-0.05, 0) is 11.1 Å². The van der Waals surface area contributed by atoms with Crippen LogP contribution in [0.25, 0.3) is 0 Å². The lowest BCUT2D eigenvalue weighted by Crippen LogP contribution is -2.35. The van der Waals surface area contributed by atoms with Crippen LogP contribution in [0.3, 0.4) is 0 Å². The molecule has 5 nitrogen and oxygen atoms in total. The normalized spacial score (nSPS) is 18.8. The molecule has 1 aliphatic heterocycles. The lowest BCUT2D eigenvalue weighted by Gasteiger charge is -2.18. The first-order chi connectivity index (χ1) is 11.1. The van der Waals surface area contributed by atoms with Crippen LogP contribution in [0.15, 0.2) is 60.7 Å². The van der Waals surface area contributed by atoms with Crippen LogP contribution in [0.1, 0.15) is 17.2 Å². The topological polar surface area (TPSA) is 69.6 Å². The Morgan fingerprint density at radius 2 is 1.61 bits per heavy atom. The maximum atomic E-state index is 12.4. The minimum Gasteiger partial charge on any atom is -0.387 e. The van der Waals surface area contributed by atoms with E-state index in [1.54, 1.807) is 12.1 Å². The number of aliphatic hydroxyl groups excluding tert-OH is 1. The number of imide groups is 1. The van der Waals surface area contributed by atoms with Gasteiger partial charge in [-0.3, -0.25) is 9.69 Å². The fourth-order valence-corrected chi connectivity index (χ4v) is 2.69. The highest BCUT2D eigenvalue weighted by Gasteiger charge is 2.38. The van der Waals surface area contributed by atoms with E-state index in [1.165, 1.54) is 0 Å². The zero-order chi connectivity index (χ0) is 16.2. The summed E-state index contributed by atoms with van der Waals surface area (Å²) in [4.78, 5) is 25.5. The Hall–Kier alpha value is -2.66. The fourth-order valence-electron chi connectivity index (χ4n) is 2.69. The number of rotatable bonds is 5. The second-order valence-corrected chi connectivity index (χ2v) is 5.57. The molecular weight excluding hydrogens is 292 g/mol. The van der Waals surface area contributed by atoms with Crippen LogP contribution in [0.4, 0.5) is 4.79 Å². The van der Waals surface area contributed by atoms with Crippen molar-refractivity contribution in [3.63, 3.8) is 0 Å². The SMILES string of the molecule is O=C1N[C@H](Cc2ccccc2)C(=O)N1C[C@H](O)c1ccccc1. The van der Waals surface area contributed by atoms with Gasteiger partial charge >= 0.3 is 6.03 Å². The number of amides is 3. The number of benzene rings is 2. The molecule has 5 heteroatoms. The summed E-state index contributed by atoms with van der Waals surface area (Å²) in [5, 5.41) is 12.9. The summed E-state index contributed by atoms with van der Waals surface area (Å²) in [6, 6.07) is 17.5. The summed E-state index contributed by atoms with van der Waals surface area (Å²) >= 11 is 0. The Morgan fingerprint density at radius 3 is 2.26 bits per heavy atom. The largest absolute Gasteiger partial charge is 0.387 e. The monoisotopic (exact) mass is 310 g/mol. The summed E-state index contributed by atoms with van der Waals surface area (Å²) in [6.07, 6.45) is -0.440. The average Bonchev–Trinajstić information content (AvgIpc) is 2.84. The van der Waals surface area contributed by atoms with Crippen molar-refractivity contribution in [2.24, 2.45) is 0 Å². The molecule has 23 heavy (non-hydrogen) atoms. The zero-order valence-electron chi connectivity index (χ0n) is 12.6. The molecule has 2 N–H and O–H groups in total. The van der Waals surface area contributed by atoms with Crippen LogP contribution in [-0.4, -0.2) is 34.5 Å². The van der Waals surface area contributed by atoms with Gasteiger partial charge in [0.15, 0.2) is 0 Å². The van der Waals surface area contributed by atoms with Gasteiger partial charge in [0.25, 0.3) is 5.91 Å². The van der Waals surface area contributed by atoms with Crippen molar-refractivity contribution in [1.82, 2.24) is 10.2 Å². The molecule has 2 aromatic rings. The third-order valence-corrected chi connectivity index (χ3v) is 3.93. The molecule has 0 saturated carbocycles. The van der Waals surface area contributed by atoms with Crippen LogP contribution in [0.5, 0.6) is 0 Å². The van der Waals surface area contributed by atoms with E-state index in [1.807, 2.05) is 48.5 Å². The predicted octanol–water partition coefficient (Wildman–Crippen LogP) is 1.88. The molecule has 2 aromatic carbocycles. The van der Waals surface area contributed by atoms with E-state index in [2.05, 4.69) is 5.32 Å². The van der Waals surface area contributed by atoms with Crippen LogP contribution in [0, 0.1) is 0 Å². The smallest absolute Gasteiger partial charge is 0.324 e. The van der Waals surface area contributed by atoms with E-state index in [0.717, 1.165) is 10.5 Å². The number of β-amino-alcohol motifs (C(OH)–C–C–N with tert-alkyl or cyclic N) is 1. The summed E-state index contributed by atoms with van der Waals surface area (Å²) in [6.45, 7) is -0.0417. The third-order valence-electron chi connectivity index (χ3n) is 3.93. The maximum absolute atomic E-state index is 12.4. The van der Waals surface area contributed by atoms with Crippen molar-refractivity contribution in [3.05, 3.63) is 71.8 Å². The molecule has 3 amide bonds. The lowest BCUT2D eigenvalue weighted by atomic mass is 10.1. The molecule has 0 aromatic heterocycles. The standard InChI is InChI=1S/C18H18N2O3/c21-16(14-9-5-2-6-10-14)12-20-17(22)15(19-18(20)23)11-13-7-3-1-4-8-13/h1-10,15-16,21H,11-12H2,(H,19,23)/t15-,16+/m1/s1. The van der Waals surface area contributed by atoms with Crippen molar-refractivity contribution in [2.45, 2.75) is 18.6 Å². The van der Waals surface area contributed by atoms with Gasteiger partial charge in [0.1, 0.15) is 6.04 Å². The lowest BCUT2D eigenvalue weighted by molar-refractivity contribution is -0.128. The van der Waals surface area contributed by atoms with Crippen LogP contribution in [-0.2, 0) is 11.2 Å². The predicted molar refractivity (Wildman–Crippen MR) is 85.6 cm³/mol. The molecule has 2 atom stereocenters. The summed E-state index contributed by atoms with van der Waals surface area (Å²) in [7, 11) is 0. The molecule has 0 radical (unpaired) electrons. The fraction of sp³-hybridized carbons (Fsp3) is 0.222. The van der Waals surface area contributed by atoms with Gasteiger partial charge in [0.05, 0.1) is 12.6 Å². The molecule has 0 spiro atoms. The number of nitrogens with zero attached hydrogens (tertiary/aromatic N) is 1. The minimum atomic E-state index is -0.888. The summed E-state index contributed by atoms with van der Waals surface area (Å²) in [5.74, 6) is -0.297. The first-order valence-corrected chi connectivity index (χ1v) is 7.54. The van der Waals surface area contributed by atoms with Crippen molar-refractivity contribution < 1.29 is 14.7 Å². The molecule has 0 unspecified atom stereocenters. The van der Waals surface area contributed by atoms with Crippen molar-refractivity contribution in [1.29, 1.82) is 0 Å². The number of aliphatic hydroxyl groups is 1. The van der Waals surface area contributed by atoms with Gasteiger partial charge in [-0.15, -0.1) is 0 Å². The highest BCUT2D eigenvalue weighted by molar-refractivity contribution is 6.04. The second kappa shape index (κ2) is 6.62. The van der Waals surface area contributed by atoms with E-state index in [4.69, 9.17) is 0 Å². The number of urea groups is 1. The Balaban J connectivity index is 1.67. The zero-order valence-corrected chi connectivity index (χ0v) is 12.6. The molecular formula is C18H18N2O3. The Kier molecular flexibility index (Phi) is 4.39. The quantitative estimate of drug-likeness (QED) is 0.829. The third kappa shape index (κ3) is 3.40. The number of carbonyl (C=O) groups is 2. The minimum absolute atomic E-state index is 0.0417. The molecule has 1 aliphatic rings. The Morgan fingerprint density at radius 1 is 1.00 bits per heavy atom. The van der Waals surface area contributed by atoms with E-state index in [0.29, 0.717) is 12.0 Å². The number of carbonyl (C=O) groups excluding carboxylic acids is 2. The highest BCUT2D eigenvalue weighted by atomic mass is 16.3. The van der Waals surface area contributed by atoms with E-state index in [-0.39, 0.29) is 12.5 Å². The molecule has 3 rings (SSSR count). The molecule has 1 fully saturated rings. The molecule has 1 heterocycles. The molecule has 0 aliphatic carbocycles. The van der Waals surface area contributed by atoms with Gasteiger partial charge in [0, 0.05) is 6.42 Å². The van der Waals surface area contributed by atoms with E-state index >= 15 is 0 Å². The number of hydrogen-bond acceptors (Lipinski definition) is 3. The number of hydrogen-bond donors (Lipinski definition) is 2. The molecule has 118 valence electrons. The summed E-state index contributed by atoms with van der Waals surface area (Å²) in [5.41, 5.74) is 1.66. The van der Waals surface area contributed by atoms with Gasteiger partial charge in [-0.2, -0.15) is 0 Å². The van der Waals surface area contributed by atoms with Crippen molar-refractivity contribution >= 4 is 11.9 Å². The van der Waals surface area contributed by atoms with Gasteiger partial charge < -0.3 is 10.4 Å². The average molecular weight is 310 g/mol. The van der Waals surface area contributed by atoms with Gasteiger partial charge in [-0.1, -0.05) is 60.7 Å². The maximum Gasteiger partial charge on any atom is 0.324 e. The van der Waals surface area contributed by atoms with Crippen molar-refractivity contribution in [2.75, 3.05) is 6.54 Å². The Labute approximate surface area is 134 Å². The van der Waals surface area contributed by atoms with E-state index < -0.39 is 18.2 Å². The summed E-state index contributed by atoms with van der Waals surface area (Å²) < 4.78 is 0. The number of nitrogens with one attached hydrogen (secondary N) is 1.